The first-order valence-corrected chi connectivity index (χ1v) is 11.2. The minimum Gasteiger partial charge on any atom is -0.494 e. The molecule has 0 saturated carbocycles. The van der Waals surface area contributed by atoms with Crippen molar-refractivity contribution < 1.29 is 17.9 Å². The number of nitriles is 1. The number of rotatable bonds is 9. The summed E-state index contributed by atoms with van der Waals surface area (Å²) in [4.78, 5) is 12.7. The molecule has 0 atom stereocenters. The van der Waals surface area contributed by atoms with Crippen LogP contribution in [0.5, 0.6) is 5.75 Å². The third-order valence-corrected chi connectivity index (χ3v) is 6.19. The predicted octanol–water partition coefficient (Wildman–Crippen LogP) is 4.61. The number of aromatic nitrogens is 1. The van der Waals surface area contributed by atoms with Gasteiger partial charge >= 0.3 is 0 Å². The fourth-order valence-corrected chi connectivity index (χ4v) is 4.02. The summed E-state index contributed by atoms with van der Waals surface area (Å²) in [5.41, 5.74) is 2.01. The van der Waals surface area contributed by atoms with Crippen LogP contribution >= 0.6 is 0 Å². The van der Waals surface area contributed by atoms with Gasteiger partial charge < -0.3 is 4.74 Å². The van der Waals surface area contributed by atoms with Crippen LogP contribution in [0.1, 0.15) is 34.3 Å². The van der Waals surface area contributed by atoms with Gasteiger partial charge in [-0.1, -0.05) is 35.9 Å². The minimum atomic E-state index is -3.75. The van der Waals surface area contributed by atoms with E-state index in [0.717, 1.165) is 15.1 Å². The monoisotopic (exact) mass is 434 g/mol. The van der Waals surface area contributed by atoms with Crippen LogP contribution in [0.3, 0.4) is 0 Å². The molecule has 7 heteroatoms. The van der Waals surface area contributed by atoms with E-state index in [1.165, 1.54) is 24.5 Å². The first kappa shape index (κ1) is 22.1. The fraction of sp³-hybridized carbons (Fsp3) is 0.167. The van der Waals surface area contributed by atoms with Gasteiger partial charge in [0, 0.05) is 24.4 Å². The molecule has 3 aromatic rings. The summed E-state index contributed by atoms with van der Waals surface area (Å²) in [5.74, 6) is 0.348. The molecule has 0 aliphatic rings. The highest BCUT2D eigenvalue weighted by atomic mass is 32.2. The predicted molar refractivity (Wildman–Crippen MR) is 118 cm³/mol. The van der Waals surface area contributed by atoms with E-state index in [9.17, 15) is 13.2 Å². The van der Waals surface area contributed by atoms with Crippen molar-refractivity contribution in [3.63, 3.8) is 0 Å². The SMILES string of the molecule is Cc1ccc(S(=O)(=O)n2ccc(C(=O)C=Cc3cccc(OCCCC#N)c3)c2)cc1. The van der Waals surface area contributed by atoms with Gasteiger partial charge in [0.15, 0.2) is 5.78 Å². The Bertz CT molecular complexity index is 1230. The van der Waals surface area contributed by atoms with Crippen molar-refractivity contribution in [1.29, 1.82) is 5.26 Å². The molecule has 3 rings (SSSR count). The Kier molecular flexibility index (Phi) is 7.06. The molecule has 0 N–H and O–H groups in total. The molecule has 158 valence electrons. The van der Waals surface area contributed by atoms with Gasteiger partial charge in [-0.3, -0.25) is 4.79 Å². The van der Waals surface area contributed by atoms with Crippen LogP contribution in [0.4, 0.5) is 0 Å². The van der Waals surface area contributed by atoms with Gasteiger partial charge in [-0.15, -0.1) is 0 Å². The molecule has 0 aliphatic heterocycles. The van der Waals surface area contributed by atoms with Gasteiger partial charge in [-0.05, 0) is 55.3 Å². The maximum Gasteiger partial charge on any atom is 0.267 e. The van der Waals surface area contributed by atoms with E-state index < -0.39 is 10.0 Å². The molecule has 2 aromatic carbocycles. The molecule has 0 amide bonds. The van der Waals surface area contributed by atoms with Crippen LogP contribution in [-0.4, -0.2) is 24.8 Å². The van der Waals surface area contributed by atoms with E-state index in [1.54, 1.807) is 36.4 Å². The van der Waals surface area contributed by atoms with Crippen LogP contribution in [0.25, 0.3) is 6.08 Å². The molecule has 0 spiro atoms. The number of carbonyl (C=O) groups excluding carboxylic acids is 1. The van der Waals surface area contributed by atoms with Crippen molar-refractivity contribution >= 4 is 21.9 Å². The zero-order valence-corrected chi connectivity index (χ0v) is 17.9. The Hall–Kier alpha value is -3.63. The maximum absolute atomic E-state index is 12.7. The quantitative estimate of drug-likeness (QED) is 0.279. The molecule has 0 saturated heterocycles. The van der Waals surface area contributed by atoms with Crippen molar-refractivity contribution in [1.82, 2.24) is 3.97 Å². The average Bonchev–Trinajstić information content (AvgIpc) is 3.27. The molecule has 0 bridgehead atoms. The summed E-state index contributed by atoms with van der Waals surface area (Å²) in [6.45, 7) is 2.33. The standard InChI is InChI=1S/C24H22N2O4S/c1-19-7-10-23(11-8-19)31(28,29)26-15-13-21(18-26)24(27)12-9-20-5-4-6-22(17-20)30-16-3-2-14-25/h4-13,15,17-18H,2-3,16H2,1H3. The fourth-order valence-electron chi connectivity index (χ4n) is 2.82. The van der Waals surface area contributed by atoms with Crippen LogP contribution < -0.4 is 4.74 Å². The second-order valence-corrected chi connectivity index (χ2v) is 8.77. The summed E-state index contributed by atoms with van der Waals surface area (Å²) in [6.07, 6.45) is 6.82. The number of hydrogen-bond acceptors (Lipinski definition) is 5. The molecule has 0 aliphatic carbocycles. The lowest BCUT2D eigenvalue weighted by Crippen LogP contribution is -2.11. The number of allylic oxidation sites excluding steroid dienone is 1. The Labute approximate surface area is 182 Å². The molecule has 0 radical (unpaired) electrons. The van der Waals surface area contributed by atoms with E-state index in [0.29, 0.717) is 25.2 Å². The lowest BCUT2D eigenvalue weighted by Gasteiger charge is -2.05. The van der Waals surface area contributed by atoms with Crippen molar-refractivity contribution in [2.45, 2.75) is 24.7 Å². The van der Waals surface area contributed by atoms with Gasteiger partial charge in [-0.25, -0.2) is 12.4 Å². The van der Waals surface area contributed by atoms with Crippen LogP contribution in [0.2, 0.25) is 0 Å². The molecule has 1 aromatic heterocycles. The van der Waals surface area contributed by atoms with Crippen molar-refractivity contribution in [2.24, 2.45) is 0 Å². The zero-order chi connectivity index (χ0) is 22.3. The Morgan fingerprint density at radius 1 is 1.16 bits per heavy atom. The number of ketones is 1. The molecule has 1 heterocycles. The van der Waals surface area contributed by atoms with Crippen molar-refractivity contribution in [3.05, 3.63) is 89.8 Å². The molecule has 31 heavy (non-hydrogen) atoms. The normalized spacial score (nSPS) is 11.4. The highest BCUT2D eigenvalue weighted by Crippen LogP contribution is 2.18. The number of nitrogens with zero attached hydrogens (tertiary/aromatic N) is 2. The summed E-state index contributed by atoms with van der Waals surface area (Å²) >= 11 is 0. The topological polar surface area (TPSA) is 89.2 Å². The smallest absolute Gasteiger partial charge is 0.267 e. The third kappa shape index (κ3) is 5.71. The molecular formula is C24H22N2O4S. The largest absolute Gasteiger partial charge is 0.494 e. The Morgan fingerprint density at radius 3 is 2.68 bits per heavy atom. The number of hydrogen-bond donors (Lipinski definition) is 0. The Morgan fingerprint density at radius 2 is 1.94 bits per heavy atom. The number of unbranched alkanes of at least 4 members (excludes halogenated alkanes) is 1. The molecule has 0 unspecified atom stereocenters. The summed E-state index contributed by atoms with van der Waals surface area (Å²) in [6, 6.07) is 17.3. The molecule has 0 fully saturated rings. The van der Waals surface area contributed by atoms with E-state index in [-0.39, 0.29) is 16.2 Å². The number of carbonyl (C=O) groups is 1. The zero-order valence-electron chi connectivity index (χ0n) is 17.1. The molecule has 6 nitrogen and oxygen atoms in total. The molecular weight excluding hydrogens is 412 g/mol. The second kappa shape index (κ2) is 9.92. The summed E-state index contributed by atoms with van der Waals surface area (Å²) < 4.78 is 32.1. The highest BCUT2D eigenvalue weighted by Gasteiger charge is 2.17. The van der Waals surface area contributed by atoms with Crippen LogP contribution in [0, 0.1) is 18.3 Å². The van der Waals surface area contributed by atoms with Crippen LogP contribution in [0.15, 0.2) is 78.0 Å². The lowest BCUT2D eigenvalue weighted by atomic mass is 10.1. The number of ether oxygens (including phenoxy) is 1. The lowest BCUT2D eigenvalue weighted by molar-refractivity contribution is 0.104. The van der Waals surface area contributed by atoms with E-state index in [1.807, 2.05) is 25.1 Å². The van der Waals surface area contributed by atoms with E-state index >= 15 is 0 Å². The third-order valence-electron chi connectivity index (χ3n) is 4.54. The van der Waals surface area contributed by atoms with Gasteiger partial charge in [0.25, 0.3) is 10.0 Å². The maximum atomic E-state index is 12.7. The summed E-state index contributed by atoms with van der Waals surface area (Å²) in [7, 11) is -3.75. The average molecular weight is 435 g/mol. The van der Waals surface area contributed by atoms with Crippen molar-refractivity contribution in [2.75, 3.05) is 6.61 Å². The highest BCUT2D eigenvalue weighted by molar-refractivity contribution is 7.90. The first-order valence-electron chi connectivity index (χ1n) is 9.72. The van der Waals surface area contributed by atoms with Crippen LogP contribution in [-0.2, 0) is 10.0 Å². The first-order chi connectivity index (χ1) is 14.9. The number of aryl methyl sites for hydroxylation is 1. The summed E-state index contributed by atoms with van der Waals surface area (Å²) in [5, 5.41) is 8.56. The van der Waals surface area contributed by atoms with Gasteiger partial charge in [0.1, 0.15) is 5.75 Å². The van der Waals surface area contributed by atoms with Gasteiger partial charge in [0.05, 0.1) is 17.6 Å². The second-order valence-electron chi connectivity index (χ2n) is 6.93. The number of benzene rings is 2. The van der Waals surface area contributed by atoms with Gasteiger partial charge in [-0.2, -0.15) is 5.26 Å². The van der Waals surface area contributed by atoms with Crippen molar-refractivity contribution in [3.8, 4) is 11.8 Å². The van der Waals surface area contributed by atoms with E-state index in [4.69, 9.17) is 10.00 Å². The van der Waals surface area contributed by atoms with E-state index in [2.05, 4.69) is 6.07 Å². The van der Waals surface area contributed by atoms with Gasteiger partial charge in [0.2, 0.25) is 0 Å². The Balaban J connectivity index is 1.69. The minimum absolute atomic E-state index is 0.162.